The Morgan fingerprint density at radius 2 is 1.73 bits per heavy atom. The lowest BCUT2D eigenvalue weighted by molar-refractivity contribution is -0.133. The standard InChI is InChI=1S/C11H19NO3/c1-4-5-6-7-12-10(13)8(2)9(3)11(14)15/h4-7H2,1-3H3,(H,12,13)(H,14,15)/b9-8-. The number of carboxylic acid groups (broad SMARTS) is 1. The summed E-state index contributed by atoms with van der Waals surface area (Å²) < 4.78 is 0. The molecule has 2 N–H and O–H groups in total. The maximum Gasteiger partial charge on any atom is 0.331 e. The fourth-order valence-corrected chi connectivity index (χ4v) is 1.04. The number of carbonyl (C=O) groups excluding carboxylic acids is 1. The Balaban J connectivity index is 4.11. The molecule has 86 valence electrons. The third kappa shape index (κ3) is 5.20. The second-order valence-corrected chi connectivity index (χ2v) is 3.52. The minimum Gasteiger partial charge on any atom is -0.478 e. The van der Waals surface area contributed by atoms with Gasteiger partial charge in [-0.1, -0.05) is 19.8 Å². The molecule has 0 aliphatic carbocycles. The molecule has 4 heteroatoms. The number of unbranched alkanes of at least 4 members (excludes halogenated alkanes) is 2. The smallest absolute Gasteiger partial charge is 0.331 e. The van der Waals surface area contributed by atoms with Crippen LogP contribution in [-0.4, -0.2) is 23.5 Å². The van der Waals surface area contributed by atoms with Crippen LogP contribution in [0.2, 0.25) is 0 Å². The molecular weight excluding hydrogens is 194 g/mol. The van der Waals surface area contributed by atoms with Gasteiger partial charge >= 0.3 is 5.97 Å². The van der Waals surface area contributed by atoms with Gasteiger partial charge in [-0.25, -0.2) is 4.79 Å². The first-order valence-electron chi connectivity index (χ1n) is 5.19. The summed E-state index contributed by atoms with van der Waals surface area (Å²) in [5, 5.41) is 11.4. The van der Waals surface area contributed by atoms with E-state index in [1.165, 1.54) is 13.8 Å². The lowest BCUT2D eigenvalue weighted by atomic mass is 10.1. The fraction of sp³-hybridized carbons (Fsp3) is 0.636. The fourth-order valence-electron chi connectivity index (χ4n) is 1.04. The predicted molar refractivity (Wildman–Crippen MR) is 58.5 cm³/mol. The number of carbonyl (C=O) groups is 2. The van der Waals surface area contributed by atoms with Gasteiger partial charge in [0.2, 0.25) is 5.91 Å². The highest BCUT2D eigenvalue weighted by atomic mass is 16.4. The van der Waals surface area contributed by atoms with Crippen LogP contribution in [0.1, 0.15) is 40.0 Å². The molecule has 0 aromatic carbocycles. The molecular formula is C11H19NO3. The maximum atomic E-state index is 11.4. The zero-order valence-corrected chi connectivity index (χ0v) is 9.59. The summed E-state index contributed by atoms with van der Waals surface area (Å²) in [6.07, 6.45) is 3.10. The molecule has 0 heterocycles. The van der Waals surface area contributed by atoms with E-state index in [1.807, 2.05) is 0 Å². The van der Waals surface area contributed by atoms with Crippen molar-refractivity contribution >= 4 is 11.9 Å². The summed E-state index contributed by atoms with van der Waals surface area (Å²) in [7, 11) is 0. The molecule has 0 aliphatic rings. The van der Waals surface area contributed by atoms with E-state index in [4.69, 9.17) is 5.11 Å². The van der Waals surface area contributed by atoms with E-state index in [-0.39, 0.29) is 17.1 Å². The van der Waals surface area contributed by atoms with Crippen LogP contribution < -0.4 is 5.32 Å². The minimum atomic E-state index is -1.05. The van der Waals surface area contributed by atoms with Crippen molar-refractivity contribution < 1.29 is 14.7 Å². The van der Waals surface area contributed by atoms with E-state index in [1.54, 1.807) is 0 Å². The van der Waals surface area contributed by atoms with Gasteiger partial charge in [-0.2, -0.15) is 0 Å². The summed E-state index contributed by atoms with van der Waals surface area (Å²) >= 11 is 0. The van der Waals surface area contributed by atoms with Crippen LogP contribution in [0, 0.1) is 0 Å². The lowest BCUT2D eigenvalue weighted by Gasteiger charge is -2.06. The Kier molecular flexibility index (Phi) is 6.42. The van der Waals surface area contributed by atoms with Crippen molar-refractivity contribution in [2.24, 2.45) is 0 Å². The van der Waals surface area contributed by atoms with Crippen molar-refractivity contribution in [3.05, 3.63) is 11.1 Å². The van der Waals surface area contributed by atoms with Gasteiger partial charge in [0.25, 0.3) is 0 Å². The quantitative estimate of drug-likeness (QED) is 0.521. The van der Waals surface area contributed by atoms with Crippen molar-refractivity contribution in [3.63, 3.8) is 0 Å². The Bertz CT molecular complexity index is 269. The van der Waals surface area contributed by atoms with Gasteiger partial charge in [-0.3, -0.25) is 4.79 Å². The van der Waals surface area contributed by atoms with Gasteiger partial charge in [0.15, 0.2) is 0 Å². The summed E-state index contributed by atoms with van der Waals surface area (Å²) in [5.41, 5.74) is 0.377. The molecule has 0 saturated carbocycles. The first-order valence-corrected chi connectivity index (χ1v) is 5.19. The van der Waals surface area contributed by atoms with Crippen LogP contribution in [-0.2, 0) is 9.59 Å². The van der Waals surface area contributed by atoms with Gasteiger partial charge in [-0.05, 0) is 20.3 Å². The van der Waals surface area contributed by atoms with Gasteiger partial charge in [-0.15, -0.1) is 0 Å². The van der Waals surface area contributed by atoms with Crippen LogP contribution in [0.3, 0.4) is 0 Å². The molecule has 0 unspecified atom stereocenters. The summed E-state index contributed by atoms with van der Waals surface area (Å²) in [5.74, 6) is -1.33. The van der Waals surface area contributed by atoms with E-state index in [9.17, 15) is 9.59 Å². The minimum absolute atomic E-state index is 0.1000. The monoisotopic (exact) mass is 213 g/mol. The third-order valence-electron chi connectivity index (χ3n) is 2.29. The third-order valence-corrected chi connectivity index (χ3v) is 2.29. The molecule has 0 aromatic heterocycles. The number of hydrogen-bond acceptors (Lipinski definition) is 2. The van der Waals surface area contributed by atoms with Gasteiger partial charge in [0.05, 0.1) is 0 Å². The van der Waals surface area contributed by atoms with Crippen LogP contribution in [0.4, 0.5) is 0 Å². The topological polar surface area (TPSA) is 66.4 Å². The molecule has 0 rings (SSSR count). The molecule has 0 spiro atoms. The number of nitrogens with one attached hydrogen (secondary N) is 1. The van der Waals surface area contributed by atoms with Gasteiger partial charge in [0, 0.05) is 17.7 Å². The van der Waals surface area contributed by atoms with Crippen molar-refractivity contribution in [1.29, 1.82) is 0 Å². The molecule has 0 aliphatic heterocycles. The van der Waals surface area contributed by atoms with Crippen LogP contribution in [0.15, 0.2) is 11.1 Å². The van der Waals surface area contributed by atoms with Crippen LogP contribution in [0.5, 0.6) is 0 Å². The summed E-state index contributed by atoms with van der Waals surface area (Å²) in [4.78, 5) is 22.0. The highest BCUT2D eigenvalue weighted by Crippen LogP contribution is 2.03. The van der Waals surface area contributed by atoms with E-state index in [0.29, 0.717) is 6.54 Å². The highest BCUT2D eigenvalue weighted by Gasteiger charge is 2.11. The molecule has 4 nitrogen and oxygen atoms in total. The number of hydrogen-bond donors (Lipinski definition) is 2. The molecule has 0 bridgehead atoms. The maximum absolute atomic E-state index is 11.4. The second kappa shape index (κ2) is 7.04. The average molecular weight is 213 g/mol. The molecule has 15 heavy (non-hydrogen) atoms. The largest absolute Gasteiger partial charge is 0.478 e. The normalized spacial score (nSPS) is 11.9. The van der Waals surface area contributed by atoms with E-state index < -0.39 is 5.97 Å². The second-order valence-electron chi connectivity index (χ2n) is 3.52. The Labute approximate surface area is 90.4 Å². The molecule has 0 saturated heterocycles. The molecule has 0 atom stereocenters. The molecule has 0 fully saturated rings. The van der Waals surface area contributed by atoms with Crippen LogP contribution in [0.25, 0.3) is 0 Å². The van der Waals surface area contributed by atoms with Crippen molar-refractivity contribution in [1.82, 2.24) is 5.32 Å². The number of rotatable bonds is 6. The Morgan fingerprint density at radius 1 is 1.13 bits per heavy atom. The van der Waals surface area contributed by atoms with Gasteiger partial charge in [0.1, 0.15) is 0 Å². The van der Waals surface area contributed by atoms with E-state index >= 15 is 0 Å². The van der Waals surface area contributed by atoms with Crippen molar-refractivity contribution in [2.45, 2.75) is 40.0 Å². The Hall–Kier alpha value is -1.32. The SMILES string of the molecule is CCCCCNC(=O)/C(C)=C(/C)C(=O)O. The zero-order valence-electron chi connectivity index (χ0n) is 9.59. The zero-order chi connectivity index (χ0) is 11.8. The number of carboxylic acids is 1. The lowest BCUT2D eigenvalue weighted by Crippen LogP contribution is -2.26. The summed E-state index contributed by atoms with van der Waals surface area (Å²) in [6.45, 7) is 5.65. The van der Waals surface area contributed by atoms with Crippen molar-refractivity contribution in [2.75, 3.05) is 6.54 Å². The Morgan fingerprint density at radius 3 is 2.20 bits per heavy atom. The first-order chi connectivity index (χ1) is 7.00. The average Bonchev–Trinajstić information content (AvgIpc) is 2.21. The predicted octanol–water partition coefficient (Wildman–Crippen LogP) is 1.71. The van der Waals surface area contributed by atoms with Crippen LogP contribution >= 0.6 is 0 Å². The number of aliphatic carboxylic acids is 1. The first kappa shape index (κ1) is 13.7. The van der Waals surface area contributed by atoms with Crippen molar-refractivity contribution in [3.8, 4) is 0 Å². The van der Waals surface area contributed by atoms with E-state index in [2.05, 4.69) is 12.2 Å². The summed E-state index contributed by atoms with van der Waals surface area (Å²) in [6, 6.07) is 0. The number of amides is 1. The van der Waals surface area contributed by atoms with E-state index in [0.717, 1.165) is 19.3 Å². The molecule has 1 amide bonds. The van der Waals surface area contributed by atoms with Gasteiger partial charge < -0.3 is 10.4 Å². The molecule has 0 aromatic rings. The molecule has 0 radical (unpaired) electrons. The highest BCUT2D eigenvalue weighted by molar-refractivity contribution is 6.01.